The normalized spacial score (nSPS) is 36.3. The SMILES string of the molecule is CN1CCC(CN2CCCNC(C)(C3CC3)C2)CC1. The van der Waals surface area contributed by atoms with Crippen molar-refractivity contribution in [2.75, 3.05) is 46.3 Å². The molecule has 0 spiro atoms. The van der Waals surface area contributed by atoms with Crippen LogP contribution in [-0.2, 0) is 0 Å². The smallest absolute Gasteiger partial charge is 0.0308 e. The highest BCUT2D eigenvalue weighted by Crippen LogP contribution is 2.40. The zero-order valence-electron chi connectivity index (χ0n) is 12.8. The first kappa shape index (κ1) is 13.8. The summed E-state index contributed by atoms with van der Waals surface area (Å²) in [6, 6.07) is 0. The first-order valence-electron chi connectivity index (χ1n) is 8.32. The zero-order valence-corrected chi connectivity index (χ0v) is 12.8. The Morgan fingerprint density at radius 1 is 1.11 bits per heavy atom. The van der Waals surface area contributed by atoms with Crippen LogP contribution in [0.1, 0.15) is 39.0 Å². The maximum absolute atomic E-state index is 3.84. The molecule has 3 heteroatoms. The van der Waals surface area contributed by atoms with Crippen LogP contribution in [0.15, 0.2) is 0 Å². The highest BCUT2D eigenvalue weighted by Gasteiger charge is 2.43. The largest absolute Gasteiger partial charge is 0.310 e. The summed E-state index contributed by atoms with van der Waals surface area (Å²) in [7, 11) is 2.26. The van der Waals surface area contributed by atoms with Gasteiger partial charge in [-0.25, -0.2) is 0 Å². The topological polar surface area (TPSA) is 18.5 Å². The summed E-state index contributed by atoms with van der Waals surface area (Å²) >= 11 is 0. The average Bonchev–Trinajstić information content (AvgIpc) is 3.20. The minimum atomic E-state index is 0.405. The third-order valence-corrected chi connectivity index (χ3v) is 5.56. The van der Waals surface area contributed by atoms with E-state index in [2.05, 4.69) is 29.1 Å². The Kier molecular flexibility index (Phi) is 4.16. The molecule has 1 atom stereocenters. The number of nitrogens with zero attached hydrogens (tertiary/aromatic N) is 2. The van der Waals surface area contributed by atoms with Gasteiger partial charge in [0.25, 0.3) is 0 Å². The third-order valence-electron chi connectivity index (χ3n) is 5.56. The van der Waals surface area contributed by atoms with Crippen LogP contribution in [-0.4, -0.2) is 61.7 Å². The molecule has 3 aliphatic rings. The lowest BCUT2D eigenvalue weighted by molar-refractivity contribution is 0.139. The standard InChI is InChI=1S/C16H31N3/c1-16(15-4-5-15)13-19(9-3-8-17-16)12-14-6-10-18(2)11-7-14/h14-15,17H,3-13H2,1-2H3. The van der Waals surface area contributed by atoms with Gasteiger partial charge >= 0.3 is 0 Å². The lowest BCUT2D eigenvalue weighted by Crippen LogP contribution is -2.51. The molecule has 19 heavy (non-hydrogen) atoms. The van der Waals surface area contributed by atoms with E-state index < -0.39 is 0 Å². The van der Waals surface area contributed by atoms with Crippen molar-refractivity contribution in [3.63, 3.8) is 0 Å². The van der Waals surface area contributed by atoms with Gasteiger partial charge in [-0.2, -0.15) is 0 Å². The molecular weight excluding hydrogens is 234 g/mol. The van der Waals surface area contributed by atoms with Gasteiger partial charge in [0.1, 0.15) is 0 Å². The van der Waals surface area contributed by atoms with E-state index in [0.29, 0.717) is 5.54 Å². The number of nitrogens with one attached hydrogen (secondary N) is 1. The predicted octanol–water partition coefficient (Wildman–Crippen LogP) is 1.79. The van der Waals surface area contributed by atoms with Crippen LogP contribution in [0.3, 0.4) is 0 Å². The van der Waals surface area contributed by atoms with Crippen LogP contribution in [0.5, 0.6) is 0 Å². The van der Waals surface area contributed by atoms with Crippen molar-refractivity contribution in [3.05, 3.63) is 0 Å². The molecule has 0 aromatic heterocycles. The molecule has 0 amide bonds. The molecule has 0 radical (unpaired) electrons. The molecule has 0 aromatic rings. The summed E-state index contributed by atoms with van der Waals surface area (Å²) in [5.41, 5.74) is 0.405. The van der Waals surface area contributed by atoms with E-state index in [1.807, 2.05) is 0 Å². The molecule has 3 fully saturated rings. The highest BCUT2D eigenvalue weighted by molar-refractivity contribution is 5.01. The maximum atomic E-state index is 3.84. The Morgan fingerprint density at radius 2 is 1.84 bits per heavy atom. The molecule has 1 saturated carbocycles. The van der Waals surface area contributed by atoms with Crippen LogP contribution in [0.2, 0.25) is 0 Å². The minimum absolute atomic E-state index is 0.405. The van der Waals surface area contributed by atoms with E-state index in [1.54, 1.807) is 0 Å². The first-order valence-corrected chi connectivity index (χ1v) is 8.32. The van der Waals surface area contributed by atoms with E-state index in [9.17, 15) is 0 Å². The lowest BCUT2D eigenvalue weighted by Gasteiger charge is -2.37. The van der Waals surface area contributed by atoms with Gasteiger partial charge in [0.15, 0.2) is 0 Å². The summed E-state index contributed by atoms with van der Waals surface area (Å²) in [5, 5.41) is 3.84. The van der Waals surface area contributed by atoms with Gasteiger partial charge in [-0.1, -0.05) is 0 Å². The van der Waals surface area contributed by atoms with Crippen molar-refractivity contribution in [2.45, 2.75) is 44.6 Å². The van der Waals surface area contributed by atoms with E-state index >= 15 is 0 Å². The van der Waals surface area contributed by atoms with Crippen molar-refractivity contribution in [1.29, 1.82) is 0 Å². The molecule has 3 rings (SSSR count). The van der Waals surface area contributed by atoms with Crippen molar-refractivity contribution in [3.8, 4) is 0 Å². The molecular formula is C16H31N3. The van der Waals surface area contributed by atoms with Crippen molar-refractivity contribution >= 4 is 0 Å². The van der Waals surface area contributed by atoms with E-state index in [-0.39, 0.29) is 0 Å². The fraction of sp³-hybridized carbons (Fsp3) is 1.00. The highest BCUT2D eigenvalue weighted by atomic mass is 15.2. The second-order valence-corrected chi connectivity index (χ2v) is 7.45. The van der Waals surface area contributed by atoms with Crippen molar-refractivity contribution in [2.24, 2.45) is 11.8 Å². The molecule has 3 nitrogen and oxygen atoms in total. The summed E-state index contributed by atoms with van der Waals surface area (Å²) in [4.78, 5) is 5.25. The second kappa shape index (κ2) is 5.71. The quantitative estimate of drug-likeness (QED) is 0.839. The number of likely N-dealkylation sites (tertiary alicyclic amines) is 1. The fourth-order valence-corrected chi connectivity index (χ4v) is 4.04. The summed E-state index contributed by atoms with van der Waals surface area (Å²) < 4.78 is 0. The van der Waals surface area contributed by atoms with Gasteiger partial charge in [0.2, 0.25) is 0 Å². The van der Waals surface area contributed by atoms with Gasteiger partial charge < -0.3 is 15.1 Å². The molecule has 2 saturated heterocycles. The molecule has 0 aromatic carbocycles. The van der Waals surface area contributed by atoms with Gasteiger partial charge in [-0.15, -0.1) is 0 Å². The number of hydrogen-bond donors (Lipinski definition) is 1. The molecule has 1 aliphatic carbocycles. The van der Waals surface area contributed by atoms with Gasteiger partial charge in [-0.05, 0) is 84.1 Å². The molecule has 110 valence electrons. The van der Waals surface area contributed by atoms with E-state index in [4.69, 9.17) is 0 Å². The van der Waals surface area contributed by atoms with Crippen LogP contribution in [0.4, 0.5) is 0 Å². The zero-order chi connectivity index (χ0) is 13.3. The lowest BCUT2D eigenvalue weighted by atomic mass is 9.93. The molecule has 2 aliphatic heterocycles. The van der Waals surface area contributed by atoms with Crippen molar-refractivity contribution in [1.82, 2.24) is 15.1 Å². The Labute approximate surface area is 118 Å². The Hall–Kier alpha value is -0.120. The summed E-state index contributed by atoms with van der Waals surface area (Å²) in [6.45, 7) is 10.2. The Morgan fingerprint density at radius 3 is 2.53 bits per heavy atom. The van der Waals surface area contributed by atoms with Crippen LogP contribution in [0.25, 0.3) is 0 Å². The number of rotatable bonds is 3. The average molecular weight is 265 g/mol. The summed E-state index contributed by atoms with van der Waals surface area (Å²) in [5.74, 6) is 1.89. The van der Waals surface area contributed by atoms with Crippen LogP contribution >= 0.6 is 0 Å². The Balaban J connectivity index is 1.54. The third kappa shape index (κ3) is 3.50. The molecule has 1 N–H and O–H groups in total. The van der Waals surface area contributed by atoms with Gasteiger partial charge in [0, 0.05) is 18.6 Å². The monoisotopic (exact) mass is 265 g/mol. The van der Waals surface area contributed by atoms with Gasteiger partial charge in [-0.3, -0.25) is 0 Å². The van der Waals surface area contributed by atoms with E-state index in [0.717, 1.165) is 11.8 Å². The van der Waals surface area contributed by atoms with E-state index in [1.165, 1.54) is 71.4 Å². The first-order chi connectivity index (χ1) is 9.16. The maximum Gasteiger partial charge on any atom is 0.0308 e. The molecule has 0 bridgehead atoms. The van der Waals surface area contributed by atoms with Gasteiger partial charge in [0.05, 0.1) is 0 Å². The minimum Gasteiger partial charge on any atom is -0.310 e. The predicted molar refractivity (Wildman–Crippen MR) is 80.4 cm³/mol. The van der Waals surface area contributed by atoms with Crippen LogP contribution in [0, 0.1) is 11.8 Å². The van der Waals surface area contributed by atoms with Crippen molar-refractivity contribution < 1.29 is 0 Å². The van der Waals surface area contributed by atoms with Crippen LogP contribution < -0.4 is 5.32 Å². The number of hydrogen-bond acceptors (Lipinski definition) is 3. The Bertz CT molecular complexity index is 294. The number of piperidine rings is 1. The molecule has 1 unspecified atom stereocenters. The second-order valence-electron chi connectivity index (χ2n) is 7.45. The molecule has 2 heterocycles. The summed E-state index contributed by atoms with van der Waals surface area (Å²) in [6.07, 6.45) is 7.03. The fourth-order valence-electron chi connectivity index (χ4n) is 4.04.